The number of hydrogen-bond acceptors (Lipinski definition) is 7. The summed E-state index contributed by atoms with van der Waals surface area (Å²) in [7, 11) is 4.76. The summed E-state index contributed by atoms with van der Waals surface area (Å²) in [5.74, 6) is 0.635. The Morgan fingerprint density at radius 3 is 2.33 bits per heavy atom. The van der Waals surface area contributed by atoms with Crippen molar-refractivity contribution in [2.75, 3.05) is 27.9 Å². The van der Waals surface area contributed by atoms with Crippen LogP contribution in [0.5, 0.6) is 17.2 Å². The van der Waals surface area contributed by atoms with E-state index in [2.05, 4.69) is 5.32 Å². The maximum atomic E-state index is 13.9. The van der Waals surface area contributed by atoms with Gasteiger partial charge in [-0.2, -0.15) is 0 Å². The predicted octanol–water partition coefficient (Wildman–Crippen LogP) is 5.03. The minimum Gasteiger partial charge on any atom is -0.496 e. The molecule has 190 valence electrons. The van der Waals surface area contributed by atoms with Crippen molar-refractivity contribution in [1.82, 2.24) is 5.32 Å². The highest BCUT2D eigenvalue weighted by atomic mass is 16.5. The van der Waals surface area contributed by atoms with Gasteiger partial charge in [-0.3, -0.25) is 4.79 Å². The normalized spacial score (nSPS) is 19.4. The molecule has 0 unspecified atom stereocenters. The third kappa shape index (κ3) is 4.57. The van der Waals surface area contributed by atoms with Crippen molar-refractivity contribution in [2.45, 2.75) is 44.9 Å². The fourth-order valence-electron chi connectivity index (χ4n) is 5.26. The molecule has 4 rings (SSSR count). The number of carbonyl (C=O) groups excluding carboxylic acids is 2. The molecule has 1 N–H and O–H groups in total. The number of methoxy groups -OCH3 is 3. The average Bonchev–Trinajstić information content (AvgIpc) is 2.90. The van der Waals surface area contributed by atoms with Crippen molar-refractivity contribution < 1.29 is 28.5 Å². The molecule has 0 saturated heterocycles. The predicted molar refractivity (Wildman–Crippen MR) is 136 cm³/mol. The summed E-state index contributed by atoms with van der Waals surface area (Å²) in [6, 6.07) is 13.3. The van der Waals surface area contributed by atoms with Gasteiger partial charge in [-0.1, -0.05) is 37.3 Å². The minimum absolute atomic E-state index is 0.0252. The smallest absolute Gasteiger partial charge is 0.336 e. The van der Waals surface area contributed by atoms with Crippen molar-refractivity contribution >= 4 is 11.8 Å². The molecule has 1 aliphatic carbocycles. The number of nitrogens with one attached hydrogen (secondary N) is 1. The van der Waals surface area contributed by atoms with Crippen LogP contribution in [-0.4, -0.2) is 39.7 Å². The van der Waals surface area contributed by atoms with Gasteiger partial charge in [0.2, 0.25) is 0 Å². The zero-order chi connectivity index (χ0) is 25.8. The number of ether oxygens (including phenoxy) is 4. The molecule has 1 aliphatic heterocycles. The Hall–Kier alpha value is -3.74. The molecule has 0 aromatic heterocycles. The molecule has 0 bridgehead atoms. The van der Waals surface area contributed by atoms with Gasteiger partial charge in [-0.15, -0.1) is 0 Å². The molecule has 1 heterocycles. The molecule has 7 nitrogen and oxygen atoms in total. The summed E-state index contributed by atoms with van der Waals surface area (Å²) < 4.78 is 22.4. The van der Waals surface area contributed by atoms with Gasteiger partial charge in [0.1, 0.15) is 5.75 Å². The van der Waals surface area contributed by atoms with Gasteiger partial charge in [-0.05, 0) is 37.5 Å². The van der Waals surface area contributed by atoms with Crippen LogP contribution in [0.25, 0.3) is 0 Å². The Bertz CT molecular complexity index is 1230. The van der Waals surface area contributed by atoms with Gasteiger partial charge < -0.3 is 24.3 Å². The highest BCUT2D eigenvalue weighted by molar-refractivity contribution is 6.04. The van der Waals surface area contributed by atoms with E-state index in [1.165, 1.54) is 0 Å². The number of Topliss-reactive ketones (excluding diaryl/α,β-unsaturated/α-hetero) is 1. The number of carbonyl (C=O) groups is 2. The van der Waals surface area contributed by atoms with Crippen molar-refractivity contribution in [3.8, 4) is 17.2 Å². The second-order valence-electron chi connectivity index (χ2n) is 8.98. The summed E-state index contributed by atoms with van der Waals surface area (Å²) in [6.45, 7) is 4.09. The number of hydrogen-bond donors (Lipinski definition) is 1. The molecule has 0 radical (unpaired) electrons. The van der Waals surface area contributed by atoms with Crippen molar-refractivity contribution in [3.63, 3.8) is 0 Å². The standard InChI is InChI=1S/C29H33NO6/c1-6-14-36-29(32)25-17(2)30-21-15-18(19-10-7-8-12-23(19)33-3)16-22(31)27(21)26(25)20-11-9-13-24(34-4)28(20)35-5/h7-13,18,26,30H,6,14-16H2,1-5H3/t18-,26-/m0/s1. The molecule has 2 aromatic rings. The average molecular weight is 492 g/mol. The molecule has 0 fully saturated rings. The molecular formula is C29H33NO6. The number of benzene rings is 2. The SMILES string of the molecule is CCCOC(=O)C1=C(C)NC2=C(C(=O)C[C@@H](c3ccccc3OC)C2)[C@H]1c1cccc(OC)c1OC. The monoisotopic (exact) mass is 491 g/mol. The van der Waals surface area contributed by atoms with Crippen molar-refractivity contribution in [2.24, 2.45) is 0 Å². The summed E-state index contributed by atoms with van der Waals surface area (Å²) in [5.41, 5.74) is 4.14. The Morgan fingerprint density at radius 2 is 1.64 bits per heavy atom. The van der Waals surface area contributed by atoms with E-state index in [1.54, 1.807) is 27.4 Å². The number of ketones is 1. The number of rotatable bonds is 8. The van der Waals surface area contributed by atoms with Crippen LogP contribution in [-0.2, 0) is 14.3 Å². The fourth-order valence-corrected chi connectivity index (χ4v) is 5.26. The van der Waals surface area contributed by atoms with E-state index in [1.807, 2.05) is 50.2 Å². The van der Waals surface area contributed by atoms with Gasteiger partial charge >= 0.3 is 5.97 Å². The van der Waals surface area contributed by atoms with Crippen LogP contribution in [0.4, 0.5) is 0 Å². The van der Waals surface area contributed by atoms with Crippen LogP contribution < -0.4 is 19.5 Å². The van der Waals surface area contributed by atoms with Crippen LogP contribution >= 0.6 is 0 Å². The first-order chi connectivity index (χ1) is 17.4. The molecule has 0 saturated carbocycles. The lowest BCUT2D eigenvalue weighted by Gasteiger charge is -2.37. The molecule has 36 heavy (non-hydrogen) atoms. The van der Waals surface area contributed by atoms with E-state index in [9.17, 15) is 9.59 Å². The third-order valence-electron chi connectivity index (χ3n) is 6.81. The number of esters is 1. The maximum absolute atomic E-state index is 13.9. The Morgan fingerprint density at radius 1 is 0.944 bits per heavy atom. The molecule has 2 atom stereocenters. The van der Waals surface area contributed by atoms with Gasteiger partial charge in [0.05, 0.1) is 39.4 Å². The molecule has 2 aliphatic rings. The van der Waals surface area contributed by atoms with Gasteiger partial charge in [0, 0.05) is 34.9 Å². The summed E-state index contributed by atoms with van der Waals surface area (Å²) in [4.78, 5) is 27.2. The van der Waals surface area contributed by atoms with Gasteiger partial charge in [-0.25, -0.2) is 4.79 Å². The number of para-hydroxylation sites is 2. The second-order valence-corrected chi connectivity index (χ2v) is 8.98. The lowest BCUT2D eigenvalue weighted by Crippen LogP contribution is -2.36. The zero-order valence-corrected chi connectivity index (χ0v) is 21.5. The van der Waals surface area contributed by atoms with E-state index in [0.717, 1.165) is 17.0 Å². The van der Waals surface area contributed by atoms with E-state index < -0.39 is 11.9 Å². The summed E-state index contributed by atoms with van der Waals surface area (Å²) in [5, 5.41) is 3.38. The lowest BCUT2D eigenvalue weighted by atomic mass is 9.71. The molecule has 0 amide bonds. The first-order valence-electron chi connectivity index (χ1n) is 12.2. The third-order valence-corrected chi connectivity index (χ3v) is 6.81. The summed E-state index contributed by atoms with van der Waals surface area (Å²) in [6.07, 6.45) is 1.62. The van der Waals surface area contributed by atoms with Gasteiger partial charge in [0.25, 0.3) is 0 Å². The van der Waals surface area contributed by atoms with Gasteiger partial charge in [0.15, 0.2) is 17.3 Å². The fraction of sp³-hybridized carbons (Fsp3) is 0.379. The second kappa shape index (κ2) is 10.9. The van der Waals surface area contributed by atoms with Crippen LogP contribution in [0.15, 0.2) is 65.0 Å². The van der Waals surface area contributed by atoms with Crippen LogP contribution in [0, 0.1) is 0 Å². The maximum Gasteiger partial charge on any atom is 0.336 e. The van der Waals surface area contributed by atoms with Crippen LogP contribution in [0.3, 0.4) is 0 Å². The van der Waals surface area contributed by atoms with Crippen LogP contribution in [0.1, 0.15) is 56.1 Å². The Kier molecular flexibility index (Phi) is 7.67. The highest BCUT2D eigenvalue weighted by Gasteiger charge is 2.43. The van der Waals surface area contributed by atoms with Crippen molar-refractivity contribution in [3.05, 3.63) is 76.1 Å². The molecular weight excluding hydrogens is 458 g/mol. The largest absolute Gasteiger partial charge is 0.496 e. The van der Waals surface area contributed by atoms with E-state index in [0.29, 0.717) is 59.8 Å². The highest BCUT2D eigenvalue weighted by Crippen LogP contribution is 2.50. The summed E-state index contributed by atoms with van der Waals surface area (Å²) >= 11 is 0. The van der Waals surface area contributed by atoms with E-state index in [-0.39, 0.29) is 11.7 Å². The van der Waals surface area contributed by atoms with Crippen molar-refractivity contribution in [1.29, 1.82) is 0 Å². The lowest BCUT2D eigenvalue weighted by molar-refractivity contribution is -0.139. The quantitative estimate of drug-likeness (QED) is 0.519. The van der Waals surface area contributed by atoms with E-state index in [4.69, 9.17) is 18.9 Å². The Labute approximate surface area is 212 Å². The first kappa shape index (κ1) is 25.4. The molecule has 0 spiro atoms. The Balaban J connectivity index is 1.86. The number of allylic oxidation sites excluding steroid dienone is 3. The topological polar surface area (TPSA) is 83.1 Å². The molecule has 7 heteroatoms. The first-order valence-corrected chi connectivity index (χ1v) is 12.2. The number of dihydropyridines is 1. The molecule has 2 aromatic carbocycles. The minimum atomic E-state index is -0.637. The van der Waals surface area contributed by atoms with E-state index >= 15 is 0 Å². The zero-order valence-electron chi connectivity index (χ0n) is 21.5. The van der Waals surface area contributed by atoms with Crippen LogP contribution in [0.2, 0.25) is 0 Å².